The molecular weight excluding hydrogens is 288 g/mol. The van der Waals surface area contributed by atoms with E-state index < -0.39 is 5.76 Å². The molecule has 1 atom stereocenters. The molecule has 0 aliphatic carbocycles. The van der Waals surface area contributed by atoms with Gasteiger partial charge in [-0.25, -0.2) is 4.79 Å². The third-order valence-electron chi connectivity index (χ3n) is 2.80. The summed E-state index contributed by atoms with van der Waals surface area (Å²) in [5, 5.41) is 3.32. The van der Waals surface area contributed by atoms with E-state index in [1.54, 1.807) is 18.0 Å². The Hall–Kier alpha value is -1.66. The number of nitrogens with one attached hydrogen (secondary N) is 2. The summed E-state index contributed by atoms with van der Waals surface area (Å²) in [6.07, 6.45) is 2.47. The number of hydrogen-bond donors (Lipinski definition) is 2. The topological polar surface area (TPSA) is 67.3 Å². The second kappa shape index (κ2) is 8.59. The number of aromatic amines is 1. The minimum atomic E-state index is -0.400. The normalized spacial score (nSPS) is 12.2. The fourth-order valence-corrected chi connectivity index (χ4v) is 2.71. The number of rotatable bonds is 9. The van der Waals surface area contributed by atoms with Gasteiger partial charge in [0.25, 0.3) is 0 Å². The molecular formula is C15H20N2O3S. The van der Waals surface area contributed by atoms with Crippen LogP contribution in [-0.2, 0) is 5.75 Å². The van der Waals surface area contributed by atoms with Crippen LogP contribution < -0.4 is 15.8 Å². The van der Waals surface area contributed by atoms with Crippen LogP contribution in [0.4, 0.5) is 0 Å². The summed E-state index contributed by atoms with van der Waals surface area (Å²) < 4.78 is 10.9. The maximum atomic E-state index is 10.9. The first kappa shape index (κ1) is 15.7. The van der Waals surface area contributed by atoms with Crippen LogP contribution >= 0.6 is 11.8 Å². The van der Waals surface area contributed by atoms with Crippen molar-refractivity contribution in [3.05, 3.63) is 52.8 Å². The first-order chi connectivity index (χ1) is 10.3. The Balaban J connectivity index is 1.73. The zero-order chi connectivity index (χ0) is 14.9. The Labute approximate surface area is 128 Å². The highest BCUT2D eigenvalue weighted by atomic mass is 32.2. The smallest absolute Gasteiger partial charge is 0.416 e. The summed E-state index contributed by atoms with van der Waals surface area (Å²) in [5.41, 5.74) is 0. The van der Waals surface area contributed by atoms with Crippen molar-refractivity contribution in [1.82, 2.24) is 10.3 Å². The number of H-pyrrole nitrogens is 1. The summed E-state index contributed by atoms with van der Waals surface area (Å²) in [4.78, 5) is 13.4. The van der Waals surface area contributed by atoms with Crippen molar-refractivity contribution in [1.29, 1.82) is 0 Å². The summed E-state index contributed by atoms with van der Waals surface area (Å²) in [5.74, 6) is 2.74. The molecule has 0 fully saturated rings. The summed E-state index contributed by atoms with van der Waals surface area (Å²) in [6, 6.07) is 9.79. The molecule has 2 N–H and O–H groups in total. The summed E-state index contributed by atoms with van der Waals surface area (Å²) >= 11 is 1.71. The third-order valence-corrected chi connectivity index (χ3v) is 3.81. The Morgan fingerprint density at radius 3 is 2.86 bits per heavy atom. The van der Waals surface area contributed by atoms with Gasteiger partial charge >= 0.3 is 5.76 Å². The van der Waals surface area contributed by atoms with Crippen LogP contribution in [0.1, 0.15) is 19.1 Å². The molecule has 5 nitrogen and oxygen atoms in total. The number of hydrogen-bond acceptors (Lipinski definition) is 5. The van der Waals surface area contributed by atoms with E-state index in [1.165, 1.54) is 0 Å². The van der Waals surface area contributed by atoms with Crippen LogP contribution in [0.15, 0.2) is 45.7 Å². The maximum Gasteiger partial charge on any atom is 0.416 e. The standard InChI is InChI=1S/C15H20N2O3S/c1-2-16-14(19-12-6-4-3-5-7-12)8-9-21-11-13-10-17-15(18)20-13/h3-7,10,14,16H,2,8-9,11H2,1H3,(H,17,18). The predicted molar refractivity (Wildman–Crippen MR) is 84.6 cm³/mol. The molecule has 0 aliphatic rings. The first-order valence-corrected chi connectivity index (χ1v) is 8.13. The number of thioether (sulfide) groups is 1. The van der Waals surface area contributed by atoms with Gasteiger partial charge in [-0.05, 0) is 24.4 Å². The van der Waals surface area contributed by atoms with Gasteiger partial charge in [0, 0.05) is 12.6 Å². The van der Waals surface area contributed by atoms with E-state index in [0.717, 1.165) is 24.5 Å². The Kier molecular flexibility index (Phi) is 6.43. The monoisotopic (exact) mass is 308 g/mol. The van der Waals surface area contributed by atoms with Gasteiger partial charge in [0.1, 0.15) is 11.5 Å². The minimum Gasteiger partial charge on any atom is -0.475 e. The molecule has 1 heterocycles. The van der Waals surface area contributed by atoms with Crippen molar-refractivity contribution in [2.24, 2.45) is 0 Å². The molecule has 0 saturated heterocycles. The molecule has 0 saturated carbocycles. The number of ether oxygens (including phenoxy) is 1. The average Bonchev–Trinajstić information content (AvgIpc) is 2.90. The van der Waals surface area contributed by atoms with E-state index in [-0.39, 0.29) is 6.23 Å². The second-order valence-corrected chi connectivity index (χ2v) is 5.57. The summed E-state index contributed by atoms with van der Waals surface area (Å²) in [6.45, 7) is 2.91. The van der Waals surface area contributed by atoms with E-state index in [1.807, 2.05) is 30.3 Å². The van der Waals surface area contributed by atoms with Gasteiger partial charge in [0.15, 0.2) is 6.23 Å². The first-order valence-electron chi connectivity index (χ1n) is 6.98. The van der Waals surface area contributed by atoms with E-state index >= 15 is 0 Å². The minimum absolute atomic E-state index is 0.0110. The zero-order valence-electron chi connectivity index (χ0n) is 12.0. The van der Waals surface area contributed by atoms with Gasteiger partial charge in [-0.3, -0.25) is 10.3 Å². The SMILES string of the molecule is CCNC(CCSCc1c[nH]c(=O)o1)Oc1ccccc1. The molecule has 0 spiro atoms. The Morgan fingerprint density at radius 1 is 1.38 bits per heavy atom. The van der Waals surface area contributed by atoms with Crippen molar-refractivity contribution in [2.75, 3.05) is 12.3 Å². The van der Waals surface area contributed by atoms with Crippen molar-refractivity contribution in [3.63, 3.8) is 0 Å². The number of para-hydroxylation sites is 1. The van der Waals surface area contributed by atoms with Gasteiger partial charge in [-0.2, -0.15) is 11.8 Å². The average molecular weight is 308 g/mol. The predicted octanol–water partition coefficient (Wildman–Crippen LogP) is 2.61. The lowest BCUT2D eigenvalue weighted by molar-refractivity contribution is 0.163. The molecule has 1 aromatic heterocycles. The van der Waals surface area contributed by atoms with Gasteiger partial charge in [-0.1, -0.05) is 25.1 Å². The molecule has 6 heteroatoms. The molecule has 1 aromatic carbocycles. The molecule has 2 rings (SSSR count). The molecule has 21 heavy (non-hydrogen) atoms. The highest BCUT2D eigenvalue weighted by Gasteiger charge is 2.09. The van der Waals surface area contributed by atoms with Crippen molar-refractivity contribution in [3.8, 4) is 5.75 Å². The molecule has 2 aromatic rings. The lowest BCUT2D eigenvalue weighted by Gasteiger charge is -2.19. The van der Waals surface area contributed by atoms with Crippen molar-refractivity contribution in [2.45, 2.75) is 25.3 Å². The van der Waals surface area contributed by atoms with Crippen LogP contribution in [0, 0.1) is 0 Å². The highest BCUT2D eigenvalue weighted by Crippen LogP contribution is 2.15. The van der Waals surface area contributed by atoms with Gasteiger partial charge < -0.3 is 9.15 Å². The molecule has 0 bridgehead atoms. The lowest BCUT2D eigenvalue weighted by atomic mass is 10.3. The van der Waals surface area contributed by atoms with Crippen molar-refractivity contribution >= 4 is 11.8 Å². The van der Waals surface area contributed by atoms with Gasteiger partial charge in [0.05, 0.1) is 5.75 Å². The van der Waals surface area contributed by atoms with Crippen LogP contribution in [0.3, 0.4) is 0 Å². The fourth-order valence-electron chi connectivity index (χ4n) is 1.85. The number of oxazole rings is 1. The molecule has 0 radical (unpaired) electrons. The summed E-state index contributed by atoms with van der Waals surface area (Å²) in [7, 11) is 0. The lowest BCUT2D eigenvalue weighted by Crippen LogP contribution is -2.34. The third kappa shape index (κ3) is 5.69. The van der Waals surface area contributed by atoms with Gasteiger partial charge in [-0.15, -0.1) is 0 Å². The van der Waals surface area contributed by atoms with E-state index in [9.17, 15) is 4.79 Å². The van der Waals surface area contributed by atoms with Crippen molar-refractivity contribution < 1.29 is 9.15 Å². The largest absolute Gasteiger partial charge is 0.475 e. The van der Waals surface area contributed by atoms with Crippen LogP contribution in [0.2, 0.25) is 0 Å². The number of benzene rings is 1. The highest BCUT2D eigenvalue weighted by molar-refractivity contribution is 7.98. The maximum absolute atomic E-state index is 10.9. The fraction of sp³-hybridized carbons (Fsp3) is 0.400. The molecule has 0 amide bonds. The number of aromatic nitrogens is 1. The van der Waals surface area contributed by atoms with Crippen LogP contribution in [-0.4, -0.2) is 23.5 Å². The quantitative estimate of drug-likeness (QED) is 0.550. The second-order valence-electron chi connectivity index (χ2n) is 4.46. The van der Waals surface area contributed by atoms with E-state index in [0.29, 0.717) is 11.5 Å². The molecule has 114 valence electrons. The van der Waals surface area contributed by atoms with Gasteiger partial charge in [0.2, 0.25) is 0 Å². The molecule has 1 unspecified atom stereocenters. The van der Waals surface area contributed by atoms with E-state index in [2.05, 4.69) is 17.2 Å². The Bertz CT molecular complexity index is 568. The van der Waals surface area contributed by atoms with Crippen LogP contribution in [0.25, 0.3) is 0 Å². The Morgan fingerprint density at radius 2 is 2.19 bits per heavy atom. The molecule has 0 aliphatic heterocycles. The zero-order valence-corrected chi connectivity index (χ0v) is 12.8. The van der Waals surface area contributed by atoms with E-state index in [4.69, 9.17) is 9.15 Å². The van der Waals surface area contributed by atoms with Crippen LogP contribution in [0.5, 0.6) is 5.75 Å².